The molecule has 1 aliphatic heterocycles. The summed E-state index contributed by atoms with van der Waals surface area (Å²) in [5, 5.41) is 35.9. The van der Waals surface area contributed by atoms with Crippen molar-refractivity contribution in [1.82, 2.24) is 42.1 Å². The van der Waals surface area contributed by atoms with Gasteiger partial charge in [0.05, 0.1) is 6.04 Å². The summed E-state index contributed by atoms with van der Waals surface area (Å²) < 4.78 is 4.78. The largest absolute Gasteiger partial charge is 0.481 e. The third-order valence-corrected chi connectivity index (χ3v) is 9.12. The van der Waals surface area contributed by atoms with Gasteiger partial charge in [0.2, 0.25) is 41.2 Å². The van der Waals surface area contributed by atoms with Crippen LogP contribution in [0.4, 0.5) is 0 Å². The fraction of sp³-hybridized carbons (Fsp3) is 0.658. The predicted molar refractivity (Wildman–Crippen MR) is 211 cm³/mol. The minimum Gasteiger partial charge on any atom is -0.481 e. The SMILES string of the molecule is C=CCOC(=O)CNC(=O)C(=O)C(CCC)NC(=O)C1CNCCN1C(=O)[C@@H](NC(=O)[C@@H](NC(=O)[C@H](CCC(=O)O)NC(=O)[C@H](CCC(=O)O)NC(C)=O)C(C)C)C(C)C. The lowest BCUT2D eigenvalue weighted by Gasteiger charge is -2.39. The number of hydrogen-bond donors (Lipinski definition) is 9. The molecule has 6 atom stereocenters. The molecule has 9 N–H and O–H groups in total. The van der Waals surface area contributed by atoms with Crippen LogP contribution in [-0.4, -0.2) is 149 Å². The van der Waals surface area contributed by atoms with Crippen molar-refractivity contribution in [3.8, 4) is 0 Å². The molecule has 0 radical (unpaired) electrons. The molecule has 1 rings (SSSR count). The summed E-state index contributed by atoms with van der Waals surface area (Å²) >= 11 is 0. The summed E-state index contributed by atoms with van der Waals surface area (Å²) in [7, 11) is 0. The van der Waals surface area contributed by atoms with Gasteiger partial charge in [-0.1, -0.05) is 53.7 Å². The Morgan fingerprint density at radius 3 is 1.83 bits per heavy atom. The number of esters is 1. The van der Waals surface area contributed by atoms with Crippen LogP contribution in [0.1, 0.15) is 80.1 Å². The van der Waals surface area contributed by atoms with Gasteiger partial charge in [0, 0.05) is 39.4 Å². The van der Waals surface area contributed by atoms with Crippen LogP contribution in [0.25, 0.3) is 0 Å². The van der Waals surface area contributed by atoms with E-state index in [1.807, 2.05) is 0 Å². The molecule has 1 saturated heterocycles. The number of rotatable bonds is 26. The molecular weight excluding hydrogens is 792 g/mol. The second-order valence-corrected chi connectivity index (χ2v) is 14.8. The van der Waals surface area contributed by atoms with Crippen molar-refractivity contribution in [3.05, 3.63) is 12.7 Å². The van der Waals surface area contributed by atoms with Gasteiger partial charge in [0.25, 0.3) is 5.91 Å². The first-order valence-electron chi connectivity index (χ1n) is 19.7. The van der Waals surface area contributed by atoms with Crippen molar-refractivity contribution in [2.45, 2.75) is 116 Å². The van der Waals surface area contributed by atoms with Crippen LogP contribution in [0.2, 0.25) is 0 Å². The molecule has 0 spiro atoms. The molecule has 1 heterocycles. The number of ether oxygens (including phenoxy) is 1. The maximum absolute atomic E-state index is 14.2. The van der Waals surface area contributed by atoms with E-state index in [1.54, 1.807) is 34.6 Å². The van der Waals surface area contributed by atoms with Crippen LogP contribution in [0, 0.1) is 11.8 Å². The lowest BCUT2D eigenvalue weighted by molar-refractivity contribution is -0.147. The van der Waals surface area contributed by atoms with E-state index in [2.05, 4.69) is 43.8 Å². The number of hydrogen-bond acceptors (Lipinski definition) is 13. The van der Waals surface area contributed by atoms with Gasteiger partial charge in [-0.05, 0) is 31.1 Å². The molecule has 1 fully saturated rings. The molecule has 1 aliphatic rings. The first kappa shape index (κ1) is 52.1. The Kier molecular flexibility index (Phi) is 22.8. The Balaban J connectivity index is 3.25. The normalized spacial score (nSPS) is 16.1. The molecule has 0 aromatic carbocycles. The highest BCUT2D eigenvalue weighted by molar-refractivity contribution is 6.38. The van der Waals surface area contributed by atoms with E-state index >= 15 is 0 Å². The van der Waals surface area contributed by atoms with Crippen LogP contribution in [-0.2, 0) is 57.5 Å². The average Bonchev–Trinajstić information content (AvgIpc) is 3.18. The number of ketones is 1. The Morgan fingerprint density at radius 1 is 0.767 bits per heavy atom. The Labute approximate surface area is 348 Å². The smallest absolute Gasteiger partial charge is 0.325 e. The van der Waals surface area contributed by atoms with E-state index in [0.717, 1.165) is 6.92 Å². The van der Waals surface area contributed by atoms with E-state index in [9.17, 15) is 57.8 Å². The molecule has 0 aromatic rings. The van der Waals surface area contributed by atoms with Crippen molar-refractivity contribution >= 4 is 65.0 Å². The molecule has 0 aliphatic carbocycles. The number of carboxylic acid groups (broad SMARTS) is 2. The fourth-order valence-electron chi connectivity index (χ4n) is 5.94. The predicted octanol–water partition coefficient (Wildman–Crippen LogP) is -2.51. The second-order valence-electron chi connectivity index (χ2n) is 14.8. The monoisotopic (exact) mass is 852 g/mol. The van der Waals surface area contributed by atoms with Gasteiger partial charge >= 0.3 is 17.9 Å². The number of carbonyl (C=O) groups excluding carboxylic acids is 9. The van der Waals surface area contributed by atoms with Gasteiger partial charge in [-0.15, -0.1) is 0 Å². The third-order valence-electron chi connectivity index (χ3n) is 9.12. The molecule has 22 nitrogen and oxygen atoms in total. The zero-order valence-electron chi connectivity index (χ0n) is 34.9. The summed E-state index contributed by atoms with van der Waals surface area (Å²) in [6.07, 6.45) is -0.117. The zero-order chi connectivity index (χ0) is 45.7. The quantitative estimate of drug-likeness (QED) is 0.0247. The Bertz CT molecular complexity index is 1600. The number of aliphatic carboxylic acids is 2. The number of amides is 7. The van der Waals surface area contributed by atoms with Crippen molar-refractivity contribution in [1.29, 1.82) is 0 Å². The summed E-state index contributed by atoms with van der Waals surface area (Å²) in [5.41, 5.74) is 0. The highest BCUT2D eigenvalue weighted by atomic mass is 16.5. The molecule has 7 amide bonds. The lowest BCUT2D eigenvalue weighted by Crippen LogP contribution is -2.66. The molecule has 0 aromatic heterocycles. The number of Topliss-reactive ketones (excluding diaryl/α,β-unsaturated/α-hetero) is 1. The fourth-order valence-corrected chi connectivity index (χ4v) is 5.94. The van der Waals surface area contributed by atoms with Crippen molar-refractivity contribution in [3.63, 3.8) is 0 Å². The molecule has 2 unspecified atom stereocenters. The lowest BCUT2D eigenvalue weighted by atomic mass is 9.97. The summed E-state index contributed by atoms with van der Waals surface area (Å²) in [5.74, 6) is -11.6. The number of nitrogens with one attached hydrogen (secondary N) is 7. The number of nitrogens with zero attached hydrogens (tertiary/aromatic N) is 1. The maximum Gasteiger partial charge on any atom is 0.325 e. The second kappa shape index (κ2) is 26.2. The topological polar surface area (TPSA) is 325 Å². The molecule has 60 heavy (non-hydrogen) atoms. The van der Waals surface area contributed by atoms with Crippen LogP contribution < -0.4 is 37.2 Å². The number of carbonyl (C=O) groups is 11. The Hall–Kier alpha value is -5.93. The first-order valence-corrected chi connectivity index (χ1v) is 19.7. The minimum atomic E-state index is -1.54. The van der Waals surface area contributed by atoms with E-state index in [0.29, 0.717) is 6.42 Å². The van der Waals surface area contributed by atoms with Crippen LogP contribution in [0.5, 0.6) is 0 Å². The minimum absolute atomic E-state index is 0.0109. The van der Waals surface area contributed by atoms with Crippen molar-refractivity contribution in [2.75, 3.05) is 32.8 Å². The molecule has 336 valence electrons. The number of piperazine rings is 1. The van der Waals surface area contributed by atoms with E-state index in [-0.39, 0.29) is 39.1 Å². The van der Waals surface area contributed by atoms with Gasteiger partial charge in [-0.25, -0.2) is 0 Å². The molecule has 0 saturated carbocycles. The van der Waals surface area contributed by atoms with E-state index < -0.39 is 139 Å². The number of carboxylic acids is 2. The summed E-state index contributed by atoms with van der Waals surface area (Å²) in [4.78, 5) is 141. The van der Waals surface area contributed by atoms with Crippen molar-refractivity contribution < 1.29 is 67.7 Å². The highest BCUT2D eigenvalue weighted by Crippen LogP contribution is 2.15. The highest BCUT2D eigenvalue weighted by Gasteiger charge is 2.40. The van der Waals surface area contributed by atoms with Gasteiger partial charge < -0.3 is 57.1 Å². The van der Waals surface area contributed by atoms with Gasteiger partial charge in [0.15, 0.2) is 0 Å². The maximum atomic E-state index is 14.2. The zero-order valence-corrected chi connectivity index (χ0v) is 34.9. The molecule has 0 bridgehead atoms. The first-order chi connectivity index (χ1) is 28.1. The third kappa shape index (κ3) is 17.9. The molecule has 22 heteroatoms. The van der Waals surface area contributed by atoms with Gasteiger partial charge in [0.1, 0.15) is 43.4 Å². The van der Waals surface area contributed by atoms with Crippen molar-refractivity contribution in [2.24, 2.45) is 11.8 Å². The van der Waals surface area contributed by atoms with E-state index in [4.69, 9.17) is 9.84 Å². The van der Waals surface area contributed by atoms with Crippen LogP contribution >= 0.6 is 0 Å². The summed E-state index contributed by atoms with van der Waals surface area (Å²) in [6.45, 7) is 12.2. The van der Waals surface area contributed by atoms with Crippen LogP contribution in [0.15, 0.2) is 12.7 Å². The average molecular weight is 853 g/mol. The van der Waals surface area contributed by atoms with Gasteiger partial charge in [-0.2, -0.15) is 0 Å². The standard InChI is InChI=1S/C38H60N8O14/c1-8-10-23(32(53)37(58)40-19-29(52)60-17-9-2)42-35(56)26-18-39-15-16-46(26)38(59)31(21(5)6)45-36(57)30(20(3)4)44-34(55)25(12-14-28(50)51)43-33(54)24(41-22(7)47)11-13-27(48)49/h9,20-21,23-26,30-31,39H,2,8,10-19H2,1,3-7H3,(H,40,58)(H,41,47)(H,42,56)(H,43,54)(H,44,55)(H,45,57)(H,48,49)(H,50,51)/t23?,24-,25-,26?,30-,31-/m0/s1. The van der Waals surface area contributed by atoms with Gasteiger partial charge in [-0.3, -0.25) is 52.7 Å². The van der Waals surface area contributed by atoms with E-state index in [1.165, 1.54) is 11.0 Å². The van der Waals surface area contributed by atoms with Crippen LogP contribution in [0.3, 0.4) is 0 Å². The Morgan fingerprint density at radius 2 is 1.32 bits per heavy atom. The summed E-state index contributed by atoms with van der Waals surface area (Å²) in [6, 6.07) is -8.00. The molecular formula is C38H60N8O14.